The van der Waals surface area contributed by atoms with Crippen LogP contribution in [0.4, 0.5) is 0 Å². The van der Waals surface area contributed by atoms with Crippen LogP contribution in [0.5, 0.6) is 0 Å². The van der Waals surface area contributed by atoms with E-state index in [-0.39, 0.29) is 24.1 Å². The van der Waals surface area contributed by atoms with Gasteiger partial charge in [-0.1, -0.05) is 66.0 Å². The average Bonchev–Trinajstić information content (AvgIpc) is 2.70. The lowest BCUT2D eigenvalue weighted by atomic mass is 10.1. The molecule has 174 valence electrons. The summed E-state index contributed by atoms with van der Waals surface area (Å²) in [5.74, 6) is 0.540. The summed E-state index contributed by atoms with van der Waals surface area (Å²) in [7, 11) is 0. The number of rotatable bonds is 9. The first kappa shape index (κ1) is 26.8. The normalized spacial score (nSPS) is 12.3. The number of amides is 2. The third-order valence-electron chi connectivity index (χ3n) is 4.66. The standard InChI is InChI=1S/C24H29Cl3N2O2S/c1-5-21(23(31)28-24(2,3)4)29(13-17-8-6-7-9-18(17)25)22(30)15-32-14-16-10-11-19(26)20(27)12-16/h6-12,21H,5,13-15H2,1-4H3,(H,28,31)/t21-/m1/s1. The van der Waals surface area contributed by atoms with Crippen LogP contribution in [0, 0.1) is 0 Å². The predicted molar refractivity (Wildman–Crippen MR) is 137 cm³/mol. The number of carbonyl (C=O) groups is 2. The quantitative estimate of drug-likeness (QED) is 0.409. The number of hydrogen-bond donors (Lipinski definition) is 1. The van der Waals surface area contributed by atoms with Crippen molar-refractivity contribution in [2.75, 3.05) is 5.75 Å². The lowest BCUT2D eigenvalue weighted by Gasteiger charge is -2.33. The smallest absolute Gasteiger partial charge is 0.243 e. The molecule has 32 heavy (non-hydrogen) atoms. The highest BCUT2D eigenvalue weighted by atomic mass is 35.5. The summed E-state index contributed by atoms with van der Waals surface area (Å²) in [5, 5.41) is 4.55. The van der Waals surface area contributed by atoms with Crippen molar-refractivity contribution in [2.24, 2.45) is 0 Å². The molecule has 0 aliphatic heterocycles. The highest BCUT2D eigenvalue weighted by molar-refractivity contribution is 7.99. The molecule has 0 fully saturated rings. The van der Waals surface area contributed by atoms with Gasteiger partial charge in [-0.25, -0.2) is 0 Å². The van der Waals surface area contributed by atoms with Gasteiger partial charge in [0.25, 0.3) is 0 Å². The highest BCUT2D eigenvalue weighted by Gasteiger charge is 2.30. The maximum Gasteiger partial charge on any atom is 0.243 e. The number of nitrogens with zero attached hydrogens (tertiary/aromatic N) is 1. The average molecular weight is 516 g/mol. The zero-order valence-electron chi connectivity index (χ0n) is 18.8. The fraction of sp³-hybridized carbons (Fsp3) is 0.417. The molecule has 0 aromatic heterocycles. The zero-order chi connectivity index (χ0) is 23.9. The molecule has 4 nitrogen and oxygen atoms in total. The van der Waals surface area contributed by atoms with Crippen molar-refractivity contribution in [1.29, 1.82) is 0 Å². The Labute approximate surface area is 210 Å². The molecule has 0 radical (unpaired) electrons. The lowest BCUT2D eigenvalue weighted by molar-refractivity contribution is -0.140. The Morgan fingerprint density at radius 3 is 2.31 bits per heavy atom. The van der Waals surface area contributed by atoms with Gasteiger partial charge in [0.1, 0.15) is 6.04 Å². The summed E-state index contributed by atoms with van der Waals surface area (Å²) in [5.41, 5.74) is 1.39. The van der Waals surface area contributed by atoms with Crippen LogP contribution in [-0.2, 0) is 21.9 Å². The van der Waals surface area contributed by atoms with Gasteiger partial charge in [0, 0.05) is 22.9 Å². The van der Waals surface area contributed by atoms with Crippen molar-refractivity contribution in [3.63, 3.8) is 0 Å². The molecule has 0 saturated carbocycles. The first-order valence-electron chi connectivity index (χ1n) is 10.4. The van der Waals surface area contributed by atoms with Gasteiger partial charge in [-0.15, -0.1) is 11.8 Å². The molecule has 0 heterocycles. The molecule has 2 aromatic rings. The third kappa shape index (κ3) is 8.18. The van der Waals surface area contributed by atoms with Crippen LogP contribution in [0.15, 0.2) is 42.5 Å². The minimum Gasteiger partial charge on any atom is -0.350 e. The van der Waals surface area contributed by atoms with Crippen LogP contribution in [-0.4, -0.2) is 34.0 Å². The maximum absolute atomic E-state index is 13.3. The molecule has 0 unspecified atom stereocenters. The van der Waals surface area contributed by atoms with Crippen LogP contribution in [0.2, 0.25) is 15.1 Å². The number of nitrogens with one attached hydrogen (secondary N) is 1. The Hall–Kier alpha value is -1.40. The Kier molecular flexibility index (Phi) is 10.2. The van der Waals surface area contributed by atoms with Crippen LogP contribution in [0.25, 0.3) is 0 Å². The molecule has 2 aromatic carbocycles. The van der Waals surface area contributed by atoms with E-state index in [9.17, 15) is 9.59 Å². The van der Waals surface area contributed by atoms with E-state index in [0.29, 0.717) is 27.2 Å². The van der Waals surface area contributed by atoms with Crippen molar-refractivity contribution in [1.82, 2.24) is 10.2 Å². The van der Waals surface area contributed by atoms with Gasteiger partial charge in [0.05, 0.1) is 15.8 Å². The van der Waals surface area contributed by atoms with E-state index in [4.69, 9.17) is 34.8 Å². The van der Waals surface area contributed by atoms with E-state index in [2.05, 4.69) is 5.32 Å². The van der Waals surface area contributed by atoms with Crippen LogP contribution in [0.1, 0.15) is 45.2 Å². The molecule has 0 saturated heterocycles. The largest absolute Gasteiger partial charge is 0.350 e. The van der Waals surface area contributed by atoms with Crippen LogP contribution >= 0.6 is 46.6 Å². The number of thioether (sulfide) groups is 1. The SMILES string of the molecule is CC[C@H](C(=O)NC(C)(C)C)N(Cc1ccccc1Cl)C(=O)CSCc1ccc(Cl)c(Cl)c1. The van der Waals surface area contributed by atoms with E-state index in [0.717, 1.165) is 11.1 Å². The highest BCUT2D eigenvalue weighted by Crippen LogP contribution is 2.25. The monoisotopic (exact) mass is 514 g/mol. The summed E-state index contributed by atoms with van der Waals surface area (Å²) in [6.45, 7) is 7.94. The second-order valence-corrected chi connectivity index (χ2v) is 10.7. The van der Waals surface area contributed by atoms with E-state index in [1.807, 2.05) is 52.0 Å². The van der Waals surface area contributed by atoms with Crippen molar-refractivity contribution in [3.8, 4) is 0 Å². The summed E-state index contributed by atoms with van der Waals surface area (Å²) < 4.78 is 0. The second-order valence-electron chi connectivity index (χ2n) is 8.52. The first-order valence-corrected chi connectivity index (χ1v) is 12.7. The minimum atomic E-state index is -0.594. The third-order valence-corrected chi connectivity index (χ3v) is 6.76. The van der Waals surface area contributed by atoms with Gasteiger partial charge in [-0.2, -0.15) is 0 Å². The minimum absolute atomic E-state index is 0.120. The lowest BCUT2D eigenvalue weighted by Crippen LogP contribution is -2.53. The molecule has 2 amide bonds. The van der Waals surface area contributed by atoms with Gasteiger partial charge >= 0.3 is 0 Å². The van der Waals surface area contributed by atoms with Gasteiger partial charge in [0.15, 0.2) is 0 Å². The topological polar surface area (TPSA) is 49.4 Å². The van der Waals surface area contributed by atoms with E-state index >= 15 is 0 Å². The van der Waals surface area contributed by atoms with Crippen molar-refractivity contribution >= 4 is 58.4 Å². The van der Waals surface area contributed by atoms with E-state index in [1.165, 1.54) is 11.8 Å². The van der Waals surface area contributed by atoms with Gasteiger partial charge in [0.2, 0.25) is 11.8 Å². The number of carbonyl (C=O) groups excluding carboxylic acids is 2. The molecule has 0 spiro atoms. The summed E-state index contributed by atoms with van der Waals surface area (Å²) >= 11 is 19.9. The molecular formula is C24H29Cl3N2O2S. The molecule has 0 aliphatic rings. The molecule has 2 rings (SSSR count). The van der Waals surface area contributed by atoms with Crippen LogP contribution < -0.4 is 5.32 Å². The number of hydrogen-bond acceptors (Lipinski definition) is 3. The fourth-order valence-corrected chi connectivity index (χ4v) is 4.53. The molecule has 8 heteroatoms. The van der Waals surface area contributed by atoms with Crippen molar-refractivity contribution in [3.05, 3.63) is 68.7 Å². The molecule has 1 N–H and O–H groups in total. The summed E-state index contributed by atoms with van der Waals surface area (Å²) in [6.07, 6.45) is 0.496. The molecule has 1 atom stereocenters. The first-order chi connectivity index (χ1) is 15.0. The van der Waals surface area contributed by atoms with E-state index in [1.54, 1.807) is 23.1 Å². The Bertz CT molecular complexity index is 947. The zero-order valence-corrected chi connectivity index (χ0v) is 21.8. The molecular weight excluding hydrogens is 487 g/mol. The molecule has 0 bridgehead atoms. The van der Waals surface area contributed by atoms with Crippen molar-refractivity contribution < 1.29 is 9.59 Å². The summed E-state index contributed by atoms with van der Waals surface area (Å²) in [4.78, 5) is 27.9. The number of benzene rings is 2. The van der Waals surface area contributed by atoms with Crippen LogP contribution in [0.3, 0.4) is 0 Å². The number of halogens is 3. The molecule has 0 aliphatic carbocycles. The van der Waals surface area contributed by atoms with E-state index < -0.39 is 11.6 Å². The Balaban J connectivity index is 2.17. The summed E-state index contributed by atoms with van der Waals surface area (Å²) in [6, 6.07) is 12.2. The predicted octanol–water partition coefficient (Wildman–Crippen LogP) is 6.60. The fourth-order valence-electron chi connectivity index (χ4n) is 3.15. The van der Waals surface area contributed by atoms with Gasteiger partial charge in [-0.3, -0.25) is 9.59 Å². The van der Waals surface area contributed by atoms with Crippen molar-refractivity contribution in [2.45, 2.75) is 58.0 Å². The second kappa shape index (κ2) is 12.2. The van der Waals surface area contributed by atoms with Gasteiger partial charge in [-0.05, 0) is 56.5 Å². The Morgan fingerprint density at radius 2 is 1.72 bits per heavy atom. The Morgan fingerprint density at radius 1 is 1.03 bits per heavy atom. The van der Waals surface area contributed by atoms with Gasteiger partial charge < -0.3 is 10.2 Å². The maximum atomic E-state index is 13.3.